The van der Waals surface area contributed by atoms with Crippen molar-refractivity contribution in [3.05, 3.63) is 0 Å². The van der Waals surface area contributed by atoms with Gasteiger partial charge >= 0.3 is 0 Å². The summed E-state index contributed by atoms with van der Waals surface area (Å²) in [4.78, 5) is 24.6. The van der Waals surface area contributed by atoms with Crippen molar-refractivity contribution < 1.29 is 18.8 Å². The zero-order valence-corrected chi connectivity index (χ0v) is 19.2. The second kappa shape index (κ2) is 6.82. The summed E-state index contributed by atoms with van der Waals surface area (Å²) in [5.74, 6) is 0.528. The molecular weight excluding hydrogens is 344 g/mol. The molecule has 0 aromatic rings. The Bertz CT molecular complexity index is 577. The molecule has 2 bridgehead atoms. The number of carbonyl (C=O) groups excluding carboxylic acids is 2. The Morgan fingerprint density at radius 1 is 1.35 bits per heavy atom. The second-order valence-electron chi connectivity index (χ2n) is 10.5. The minimum Gasteiger partial charge on any atom is -0.411 e. The summed E-state index contributed by atoms with van der Waals surface area (Å²) in [6.07, 6.45) is 2.25. The van der Waals surface area contributed by atoms with Crippen LogP contribution in [0.25, 0.3) is 0 Å². The third-order valence-corrected chi connectivity index (χ3v) is 11.8. The summed E-state index contributed by atoms with van der Waals surface area (Å²) in [5.41, 5.74) is -1.22. The smallest absolute Gasteiger partial charge is 0.192 e. The molecule has 0 radical (unpaired) electrons. The van der Waals surface area contributed by atoms with E-state index in [1.54, 1.807) is 6.92 Å². The van der Waals surface area contributed by atoms with Crippen LogP contribution in [0.1, 0.15) is 74.1 Å². The number of carbonyl (C=O) groups is 2. The quantitative estimate of drug-likeness (QED) is 0.613. The standard InChI is InChI=1S/C21H38O4Si/c1-14(2)21-13-18(24-26(8,9)19(4,5)6)20(7,25-21)16(12-17(21)23)11-10-15(3)22/h14,16,18H,10-13H2,1-9H3/t16-,18-,20+,21-/m1/s1. The fraction of sp³-hybridized carbons (Fsp3) is 0.905. The molecule has 0 spiro atoms. The Balaban J connectivity index is 2.38. The van der Waals surface area contributed by atoms with Crippen LogP contribution >= 0.6 is 0 Å². The van der Waals surface area contributed by atoms with Crippen molar-refractivity contribution in [3.8, 4) is 0 Å². The first kappa shape index (κ1) is 21.8. The highest BCUT2D eigenvalue weighted by Crippen LogP contribution is 2.55. The molecule has 2 heterocycles. The monoisotopic (exact) mass is 382 g/mol. The number of hydrogen-bond donors (Lipinski definition) is 0. The predicted octanol–water partition coefficient (Wildman–Crippen LogP) is 4.91. The van der Waals surface area contributed by atoms with E-state index >= 15 is 0 Å². The summed E-state index contributed by atoms with van der Waals surface area (Å²) in [6.45, 7) is 19.1. The van der Waals surface area contributed by atoms with Gasteiger partial charge in [-0.1, -0.05) is 34.6 Å². The molecule has 26 heavy (non-hydrogen) atoms. The molecule has 150 valence electrons. The zero-order chi connectivity index (χ0) is 20.1. The van der Waals surface area contributed by atoms with Crippen LogP contribution in [0.5, 0.6) is 0 Å². The van der Waals surface area contributed by atoms with Crippen LogP contribution in [0.15, 0.2) is 0 Å². The topological polar surface area (TPSA) is 52.6 Å². The Kier molecular flexibility index (Phi) is 5.71. The summed E-state index contributed by atoms with van der Waals surface area (Å²) in [5, 5.41) is 0.101. The van der Waals surface area contributed by atoms with E-state index in [2.05, 4.69) is 54.6 Å². The highest BCUT2D eigenvalue weighted by Gasteiger charge is 2.66. The molecule has 2 aliphatic heterocycles. The van der Waals surface area contributed by atoms with Crippen molar-refractivity contribution in [3.63, 3.8) is 0 Å². The first-order valence-corrected chi connectivity index (χ1v) is 13.0. The predicted molar refractivity (Wildman–Crippen MR) is 107 cm³/mol. The molecule has 2 rings (SSSR count). The average molecular weight is 383 g/mol. The van der Waals surface area contributed by atoms with Gasteiger partial charge in [-0.05, 0) is 50.2 Å². The number of Topliss-reactive ketones (excluding diaryl/α,β-unsaturated/α-hetero) is 2. The van der Waals surface area contributed by atoms with Crippen LogP contribution in [0.4, 0.5) is 0 Å². The van der Waals surface area contributed by atoms with Gasteiger partial charge in [0.2, 0.25) is 0 Å². The van der Waals surface area contributed by atoms with Crippen LogP contribution in [-0.4, -0.2) is 37.2 Å². The third kappa shape index (κ3) is 3.59. The largest absolute Gasteiger partial charge is 0.411 e. The van der Waals surface area contributed by atoms with Gasteiger partial charge in [0.05, 0.1) is 11.7 Å². The number of ether oxygens (including phenoxy) is 1. The average Bonchev–Trinajstić information content (AvgIpc) is 2.72. The fourth-order valence-electron chi connectivity index (χ4n) is 4.23. The van der Waals surface area contributed by atoms with E-state index < -0.39 is 19.5 Å². The maximum Gasteiger partial charge on any atom is 0.192 e. The SMILES string of the molecule is CC(=O)CC[C@@H]1CC(=O)[C@]2(C(C)C)C[C@@H](O[Si](C)(C)C(C)(C)C)[C@@]1(C)O2. The zero-order valence-electron chi connectivity index (χ0n) is 18.2. The van der Waals surface area contributed by atoms with Crippen molar-refractivity contribution in [1.82, 2.24) is 0 Å². The van der Waals surface area contributed by atoms with E-state index in [1.165, 1.54) is 0 Å². The van der Waals surface area contributed by atoms with Crippen molar-refractivity contribution in [2.75, 3.05) is 0 Å². The van der Waals surface area contributed by atoms with Gasteiger partial charge in [-0.2, -0.15) is 0 Å². The lowest BCUT2D eigenvalue weighted by Gasteiger charge is -2.47. The van der Waals surface area contributed by atoms with E-state index in [0.29, 0.717) is 25.7 Å². The maximum absolute atomic E-state index is 13.1. The molecule has 5 heteroatoms. The van der Waals surface area contributed by atoms with Gasteiger partial charge in [0.15, 0.2) is 14.1 Å². The molecule has 2 aliphatic rings. The normalized spacial score (nSPS) is 35.2. The Labute approximate surface area is 160 Å². The number of fused-ring (bicyclic) bond motifs is 2. The third-order valence-electron chi connectivity index (χ3n) is 7.26. The highest BCUT2D eigenvalue weighted by molar-refractivity contribution is 6.74. The van der Waals surface area contributed by atoms with E-state index in [-0.39, 0.29) is 34.5 Å². The number of ketones is 2. The van der Waals surface area contributed by atoms with E-state index in [4.69, 9.17) is 9.16 Å². The van der Waals surface area contributed by atoms with Gasteiger partial charge in [0.1, 0.15) is 11.4 Å². The minimum atomic E-state index is -2.00. The van der Waals surface area contributed by atoms with Crippen LogP contribution < -0.4 is 0 Å². The van der Waals surface area contributed by atoms with Crippen molar-refractivity contribution >= 4 is 19.9 Å². The van der Waals surface area contributed by atoms with Crippen molar-refractivity contribution in [1.29, 1.82) is 0 Å². The lowest BCUT2D eigenvalue weighted by molar-refractivity contribution is -0.195. The second-order valence-corrected chi connectivity index (χ2v) is 15.2. The van der Waals surface area contributed by atoms with Gasteiger partial charge in [0, 0.05) is 19.3 Å². The molecule has 0 aromatic heterocycles. The Morgan fingerprint density at radius 3 is 2.38 bits per heavy atom. The summed E-state index contributed by atoms with van der Waals surface area (Å²) in [6, 6.07) is 0. The van der Waals surface area contributed by atoms with Gasteiger partial charge in [-0.3, -0.25) is 4.79 Å². The molecular formula is C21H38O4Si. The molecule has 4 atom stereocenters. The molecule has 0 N–H and O–H groups in total. The van der Waals surface area contributed by atoms with Gasteiger partial charge in [0.25, 0.3) is 0 Å². The number of rotatable bonds is 6. The lowest BCUT2D eigenvalue weighted by Crippen LogP contribution is -2.56. The molecule has 2 fully saturated rings. The van der Waals surface area contributed by atoms with Gasteiger partial charge in [-0.15, -0.1) is 0 Å². The summed E-state index contributed by atoms with van der Waals surface area (Å²) < 4.78 is 13.4. The van der Waals surface area contributed by atoms with E-state index in [9.17, 15) is 9.59 Å². The van der Waals surface area contributed by atoms with Crippen LogP contribution in [0.3, 0.4) is 0 Å². The Hall–Kier alpha value is -0.523. The van der Waals surface area contributed by atoms with E-state index in [0.717, 1.165) is 0 Å². The molecule has 0 unspecified atom stereocenters. The highest BCUT2D eigenvalue weighted by atomic mass is 28.4. The van der Waals surface area contributed by atoms with Crippen LogP contribution in [0.2, 0.25) is 18.1 Å². The van der Waals surface area contributed by atoms with Crippen molar-refractivity contribution in [2.45, 2.75) is 110 Å². The van der Waals surface area contributed by atoms with Gasteiger partial charge in [-0.25, -0.2) is 0 Å². The molecule has 2 saturated heterocycles. The first-order valence-electron chi connectivity index (χ1n) is 10.1. The summed E-state index contributed by atoms with van der Waals surface area (Å²) >= 11 is 0. The van der Waals surface area contributed by atoms with E-state index in [1.807, 2.05) is 0 Å². The molecule has 4 nitrogen and oxygen atoms in total. The first-order chi connectivity index (χ1) is 11.7. The van der Waals surface area contributed by atoms with Crippen LogP contribution in [-0.2, 0) is 18.8 Å². The molecule has 0 aliphatic carbocycles. The van der Waals surface area contributed by atoms with Crippen molar-refractivity contribution in [2.24, 2.45) is 11.8 Å². The minimum absolute atomic E-state index is 0.0445. The molecule has 0 saturated carbocycles. The Morgan fingerprint density at radius 2 is 1.92 bits per heavy atom. The molecule has 0 aromatic carbocycles. The molecule has 0 amide bonds. The van der Waals surface area contributed by atoms with Gasteiger partial charge < -0.3 is 14.0 Å². The fourth-order valence-corrected chi connectivity index (χ4v) is 5.61. The maximum atomic E-state index is 13.1. The number of hydrogen-bond acceptors (Lipinski definition) is 4. The van der Waals surface area contributed by atoms with Crippen LogP contribution in [0, 0.1) is 11.8 Å². The lowest BCUT2D eigenvalue weighted by atomic mass is 9.76. The summed E-state index contributed by atoms with van der Waals surface area (Å²) in [7, 11) is -2.00.